The Morgan fingerprint density at radius 3 is 3.00 bits per heavy atom. The molecule has 2 aromatic rings. The van der Waals surface area contributed by atoms with E-state index in [4.69, 9.17) is 13.7 Å². The van der Waals surface area contributed by atoms with Crippen molar-refractivity contribution in [2.24, 2.45) is 5.92 Å². The van der Waals surface area contributed by atoms with Gasteiger partial charge in [-0.1, -0.05) is 5.16 Å². The molecule has 1 aliphatic heterocycles. The average molecular weight is 290 g/mol. The van der Waals surface area contributed by atoms with Gasteiger partial charge in [-0.2, -0.15) is 0 Å². The molecule has 6 heteroatoms. The summed E-state index contributed by atoms with van der Waals surface area (Å²) in [6, 6.07) is 5.31. The van der Waals surface area contributed by atoms with Crippen molar-refractivity contribution in [3.05, 3.63) is 41.7 Å². The number of hydrogen-bond acceptors (Lipinski definition) is 5. The Bertz CT molecular complexity index is 605. The van der Waals surface area contributed by atoms with E-state index < -0.39 is 0 Å². The summed E-state index contributed by atoms with van der Waals surface area (Å²) < 4.78 is 15.9. The quantitative estimate of drug-likeness (QED) is 0.860. The molecule has 0 aliphatic carbocycles. The van der Waals surface area contributed by atoms with Gasteiger partial charge in [0.25, 0.3) is 5.91 Å². The summed E-state index contributed by atoms with van der Waals surface area (Å²) in [7, 11) is 1.67. The first kappa shape index (κ1) is 13.9. The van der Waals surface area contributed by atoms with Gasteiger partial charge in [0.15, 0.2) is 5.76 Å². The fourth-order valence-corrected chi connectivity index (χ4v) is 2.80. The van der Waals surface area contributed by atoms with Gasteiger partial charge < -0.3 is 18.6 Å². The van der Waals surface area contributed by atoms with Crippen molar-refractivity contribution in [1.29, 1.82) is 0 Å². The van der Waals surface area contributed by atoms with Crippen molar-refractivity contribution in [1.82, 2.24) is 10.1 Å². The van der Waals surface area contributed by atoms with Crippen LogP contribution in [-0.2, 0) is 11.2 Å². The van der Waals surface area contributed by atoms with Crippen LogP contribution in [0.25, 0.3) is 0 Å². The van der Waals surface area contributed by atoms with Crippen molar-refractivity contribution in [3.8, 4) is 0 Å². The first-order valence-electron chi connectivity index (χ1n) is 6.95. The van der Waals surface area contributed by atoms with Crippen molar-refractivity contribution in [2.45, 2.75) is 19.4 Å². The number of ether oxygens (including phenoxy) is 1. The molecule has 6 nitrogen and oxygen atoms in total. The summed E-state index contributed by atoms with van der Waals surface area (Å²) in [5, 5.41) is 3.89. The molecule has 3 heterocycles. The van der Waals surface area contributed by atoms with Crippen LogP contribution in [0.1, 0.15) is 22.0 Å². The Balaban J connectivity index is 1.69. The minimum atomic E-state index is -0.0988. The molecule has 0 radical (unpaired) electrons. The highest BCUT2D eigenvalue weighted by Crippen LogP contribution is 2.25. The molecule has 112 valence electrons. The number of amides is 1. The third kappa shape index (κ3) is 2.85. The summed E-state index contributed by atoms with van der Waals surface area (Å²) in [4.78, 5) is 14.1. The van der Waals surface area contributed by atoms with Gasteiger partial charge in [0, 0.05) is 38.6 Å². The van der Waals surface area contributed by atoms with Crippen LogP contribution in [0.4, 0.5) is 0 Å². The van der Waals surface area contributed by atoms with Crippen LogP contribution in [0.3, 0.4) is 0 Å². The maximum atomic E-state index is 12.3. The van der Waals surface area contributed by atoms with Crippen LogP contribution < -0.4 is 0 Å². The van der Waals surface area contributed by atoms with Crippen molar-refractivity contribution < 1.29 is 18.5 Å². The second kappa shape index (κ2) is 5.73. The Labute approximate surface area is 122 Å². The number of hydrogen-bond donors (Lipinski definition) is 0. The van der Waals surface area contributed by atoms with Crippen LogP contribution in [0.2, 0.25) is 0 Å². The van der Waals surface area contributed by atoms with Gasteiger partial charge in [-0.3, -0.25) is 4.79 Å². The minimum Gasteiger partial charge on any atom is -0.459 e. The molecular weight excluding hydrogens is 272 g/mol. The second-order valence-corrected chi connectivity index (χ2v) is 5.36. The van der Waals surface area contributed by atoms with E-state index in [1.807, 2.05) is 13.0 Å². The Morgan fingerprint density at radius 1 is 1.52 bits per heavy atom. The van der Waals surface area contributed by atoms with Crippen LogP contribution >= 0.6 is 0 Å². The summed E-state index contributed by atoms with van der Waals surface area (Å²) in [6.45, 7) is 3.08. The first-order valence-corrected chi connectivity index (χ1v) is 6.95. The standard InChI is InChI=1S/C15H18N2O4/c1-10-6-12(21-16-10)7-11-8-17(9-14(11)19-2)15(18)13-4-3-5-20-13/h3-6,11,14H,7-9H2,1-2H3/t11-,14+/m1/s1. The lowest BCUT2D eigenvalue weighted by Crippen LogP contribution is -2.29. The summed E-state index contributed by atoms with van der Waals surface area (Å²) in [5.74, 6) is 1.28. The van der Waals surface area contributed by atoms with E-state index in [1.54, 1.807) is 24.1 Å². The lowest BCUT2D eigenvalue weighted by atomic mass is 10.0. The first-order chi connectivity index (χ1) is 10.2. The smallest absolute Gasteiger partial charge is 0.289 e. The monoisotopic (exact) mass is 290 g/mol. The van der Waals surface area contributed by atoms with Crippen molar-refractivity contribution >= 4 is 5.91 Å². The molecule has 2 aromatic heterocycles. The number of rotatable bonds is 4. The zero-order valence-corrected chi connectivity index (χ0v) is 12.1. The highest BCUT2D eigenvalue weighted by Gasteiger charge is 2.37. The fraction of sp³-hybridized carbons (Fsp3) is 0.467. The van der Waals surface area contributed by atoms with Gasteiger partial charge in [0.05, 0.1) is 18.1 Å². The van der Waals surface area contributed by atoms with E-state index in [0.29, 0.717) is 25.3 Å². The molecule has 21 heavy (non-hydrogen) atoms. The zero-order valence-electron chi connectivity index (χ0n) is 12.1. The SMILES string of the molecule is CO[C@H]1CN(C(=O)c2ccco2)C[C@H]1Cc1cc(C)no1. The number of likely N-dealkylation sites (tertiary alicyclic amines) is 1. The predicted octanol–water partition coefficient (Wildman–Crippen LogP) is 1.91. The minimum absolute atomic E-state index is 0.00526. The molecule has 0 saturated carbocycles. The molecular formula is C15H18N2O4. The molecule has 0 bridgehead atoms. The highest BCUT2D eigenvalue weighted by molar-refractivity contribution is 5.91. The highest BCUT2D eigenvalue weighted by atomic mass is 16.5. The average Bonchev–Trinajstić information content (AvgIpc) is 3.19. The Kier molecular flexibility index (Phi) is 3.79. The van der Waals surface area contributed by atoms with Crippen LogP contribution in [0.15, 0.2) is 33.4 Å². The summed E-state index contributed by atoms with van der Waals surface area (Å²) in [6.07, 6.45) is 2.21. The van der Waals surface area contributed by atoms with Crippen molar-refractivity contribution in [2.75, 3.05) is 20.2 Å². The number of methoxy groups -OCH3 is 1. The van der Waals surface area contributed by atoms with Crippen LogP contribution in [0.5, 0.6) is 0 Å². The second-order valence-electron chi connectivity index (χ2n) is 5.36. The maximum absolute atomic E-state index is 12.3. The lowest BCUT2D eigenvalue weighted by molar-refractivity contribution is 0.0654. The Morgan fingerprint density at radius 2 is 2.38 bits per heavy atom. The van der Waals surface area contributed by atoms with Gasteiger partial charge in [0.2, 0.25) is 0 Å². The summed E-state index contributed by atoms with van der Waals surface area (Å²) in [5.41, 5.74) is 0.862. The molecule has 0 spiro atoms. The normalized spacial score (nSPS) is 21.9. The third-order valence-corrected chi connectivity index (χ3v) is 3.84. The molecule has 1 aliphatic rings. The topological polar surface area (TPSA) is 68.7 Å². The molecule has 2 atom stereocenters. The molecule has 0 aromatic carbocycles. The van der Waals surface area contributed by atoms with Gasteiger partial charge in [-0.15, -0.1) is 0 Å². The van der Waals surface area contributed by atoms with E-state index in [9.17, 15) is 4.79 Å². The number of carbonyl (C=O) groups excluding carboxylic acids is 1. The fourth-order valence-electron chi connectivity index (χ4n) is 2.80. The van der Waals surface area contributed by atoms with E-state index in [1.165, 1.54) is 6.26 Å². The molecule has 3 rings (SSSR count). The summed E-state index contributed by atoms with van der Waals surface area (Å²) >= 11 is 0. The van der Waals surface area contributed by atoms with E-state index in [-0.39, 0.29) is 17.9 Å². The largest absolute Gasteiger partial charge is 0.459 e. The van der Waals surface area contributed by atoms with Crippen LogP contribution in [-0.4, -0.2) is 42.3 Å². The number of carbonyl (C=O) groups is 1. The number of aromatic nitrogens is 1. The van der Waals surface area contributed by atoms with Gasteiger partial charge in [0.1, 0.15) is 5.76 Å². The number of aryl methyl sites for hydroxylation is 1. The Hall–Kier alpha value is -2.08. The lowest BCUT2D eigenvalue weighted by Gasteiger charge is -2.14. The van der Waals surface area contributed by atoms with Gasteiger partial charge >= 0.3 is 0 Å². The van der Waals surface area contributed by atoms with Crippen LogP contribution in [0, 0.1) is 12.8 Å². The predicted molar refractivity (Wildman–Crippen MR) is 73.8 cm³/mol. The molecule has 1 fully saturated rings. The third-order valence-electron chi connectivity index (χ3n) is 3.84. The molecule has 0 unspecified atom stereocenters. The number of nitrogens with zero attached hydrogens (tertiary/aromatic N) is 2. The van der Waals surface area contributed by atoms with Crippen molar-refractivity contribution in [3.63, 3.8) is 0 Å². The molecule has 1 saturated heterocycles. The molecule has 0 N–H and O–H groups in total. The van der Waals surface area contributed by atoms with E-state index in [2.05, 4.69) is 5.16 Å². The molecule has 1 amide bonds. The zero-order chi connectivity index (χ0) is 14.8. The maximum Gasteiger partial charge on any atom is 0.289 e. The number of furan rings is 1. The van der Waals surface area contributed by atoms with Gasteiger partial charge in [-0.25, -0.2) is 0 Å². The van der Waals surface area contributed by atoms with E-state index in [0.717, 1.165) is 11.5 Å². The van der Waals surface area contributed by atoms with E-state index >= 15 is 0 Å². The van der Waals surface area contributed by atoms with Gasteiger partial charge in [-0.05, 0) is 19.1 Å².